The molecule has 2 heterocycles. The Balaban J connectivity index is 2.01. The first-order valence-corrected chi connectivity index (χ1v) is 8.67. The molecule has 0 bridgehead atoms. The molecule has 1 unspecified atom stereocenters. The second kappa shape index (κ2) is 5.39. The molecule has 114 valence electrons. The molecule has 1 aliphatic heterocycles. The summed E-state index contributed by atoms with van der Waals surface area (Å²) in [6.07, 6.45) is 6.43. The van der Waals surface area contributed by atoms with Crippen LogP contribution in [0.2, 0.25) is 0 Å². The first-order valence-electron chi connectivity index (χ1n) is 7.85. The third kappa shape index (κ3) is 2.40. The Morgan fingerprint density at radius 1 is 1.13 bits per heavy atom. The number of hydrogen-bond donors (Lipinski definition) is 1. The monoisotopic (exact) mass is 317 g/mol. The summed E-state index contributed by atoms with van der Waals surface area (Å²) in [6, 6.07) is 13.5. The van der Waals surface area contributed by atoms with Crippen LogP contribution in [0, 0.1) is 0 Å². The van der Waals surface area contributed by atoms with E-state index in [1.54, 1.807) is 0 Å². The summed E-state index contributed by atoms with van der Waals surface area (Å²) in [5.74, 6) is 0. The van der Waals surface area contributed by atoms with Crippen LogP contribution in [0.3, 0.4) is 0 Å². The maximum Gasteiger partial charge on any atom is 0.0704 e. The molecule has 3 aromatic rings. The lowest BCUT2D eigenvalue weighted by Gasteiger charge is -2.22. The largest absolute Gasteiger partial charge is 0.381 e. The van der Waals surface area contributed by atoms with Crippen molar-refractivity contribution in [2.45, 2.75) is 19.9 Å². The molecule has 23 heavy (non-hydrogen) atoms. The quantitative estimate of drug-likeness (QED) is 0.594. The van der Waals surface area contributed by atoms with E-state index in [9.17, 15) is 0 Å². The van der Waals surface area contributed by atoms with Crippen molar-refractivity contribution in [3.05, 3.63) is 78.0 Å². The zero-order chi connectivity index (χ0) is 16.0. The minimum absolute atomic E-state index is 0.203. The van der Waals surface area contributed by atoms with Crippen LogP contribution in [-0.2, 0) is 0 Å². The van der Waals surface area contributed by atoms with Crippen molar-refractivity contribution >= 4 is 37.1 Å². The highest BCUT2D eigenvalue weighted by molar-refractivity contribution is 7.25. The van der Waals surface area contributed by atoms with Gasteiger partial charge >= 0.3 is 0 Å². The summed E-state index contributed by atoms with van der Waals surface area (Å²) in [5.41, 5.74) is 4.96. The van der Waals surface area contributed by atoms with Crippen molar-refractivity contribution in [2.75, 3.05) is 0 Å². The Kier molecular flexibility index (Phi) is 3.35. The highest BCUT2D eigenvalue weighted by atomic mass is 32.1. The molecule has 1 nitrogen and oxygen atoms in total. The van der Waals surface area contributed by atoms with E-state index in [0.29, 0.717) is 0 Å². The SMILES string of the molecule is C=C(C)c1cc2sc3ccccc3c2cc1C1C=C(C)C=CN1. The van der Waals surface area contributed by atoms with E-state index in [-0.39, 0.29) is 6.04 Å². The minimum atomic E-state index is 0.203. The van der Waals surface area contributed by atoms with Crippen LogP contribution in [0.15, 0.2) is 66.9 Å². The summed E-state index contributed by atoms with van der Waals surface area (Å²) in [7, 11) is 0. The second-order valence-electron chi connectivity index (χ2n) is 6.20. The van der Waals surface area contributed by atoms with Gasteiger partial charge in [0.25, 0.3) is 0 Å². The summed E-state index contributed by atoms with van der Waals surface area (Å²) in [5, 5.41) is 6.15. The van der Waals surface area contributed by atoms with Crippen molar-refractivity contribution in [1.82, 2.24) is 5.32 Å². The molecular formula is C21H19NS. The number of benzene rings is 2. The number of thiophene rings is 1. The minimum Gasteiger partial charge on any atom is -0.381 e. The van der Waals surface area contributed by atoms with Crippen LogP contribution < -0.4 is 5.32 Å². The lowest BCUT2D eigenvalue weighted by molar-refractivity contribution is 0.738. The van der Waals surface area contributed by atoms with Gasteiger partial charge in [-0.15, -0.1) is 11.3 Å². The molecule has 1 aromatic heterocycles. The fourth-order valence-corrected chi connectivity index (χ4v) is 4.37. The first-order chi connectivity index (χ1) is 11.1. The van der Waals surface area contributed by atoms with E-state index in [1.807, 2.05) is 17.5 Å². The number of dihydropyridines is 1. The molecule has 4 rings (SSSR count). The molecular weight excluding hydrogens is 298 g/mol. The molecule has 1 atom stereocenters. The summed E-state index contributed by atoms with van der Waals surface area (Å²) < 4.78 is 2.68. The lowest BCUT2D eigenvalue weighted by atomic mass is 9.92. The summed E-state index contributed by atoms with van der Waals surface area (Å²) in [4.78, 5) is 0. The van der Waals surface area contributed by atoms with Gasteiger partial charge in [0.2, 0.25) is 0 Å². The van der Waals surface area contributed by atoms with Gasteiger partial charge in [-0.2, -0.15) is 0 Å². The standard InChI is InChI=1S/C21H19NS/c1-13(2)16-12-21-18(15-6-4-5-7-20(15)23-21)11-17(16)19-10-14(3)8-9-22-19/h4-12,19,22H,1H2,2-3H3. The number of nitrogens with one attached hydrogen (secondary N) is 1. The van der Waals surface area contributed by atoms with E-state index in [0.717, 1.165) is 5.57 Å². The van der Waals surface area contributed by atoms with E-state index in [1.165, 1.54) is 36.9 Å². The molecule has 0 amide bonds. The molecule has 0 aliphatic carbocycles. The molecule has 0 saturated heterocycles. The predicted molar refractivity (Wildman–Crippen MR) is 103 cm³/mol. The lowest BCUT2D eigenvalue weighted by Crippen LogP contribution is -2.17. The summed E-state index contributed by atoms with van der Waals surface area (Å²) in [6.45, 7) is 8.43. The smallest absolute Gasteiger partial charge is 0.0704 e. The van der Waals surface area contributed by atoms with E-state index in [4.69, 9.17) is 0 Å². The molecule has 0 spiro atoms. The Labute approximate surface area is 140 Å². The van der Waals surface area contributed by atoms with Gasteiger partial charge in [-0.3, -0.25) is 0 Å². The van der Waals surface area contributed by atoms with Crippen molar-refractivity contribution in [3.8, 4) is 0 Å². The van der Waals surface area contributed by atoms with Crippen LogP contribution in [0.25, 0.3) is 25.7 Å². The third-order valence-electron chi connectivity index (χ3n) is 4.40. The number of rotatable bonds is 2. The van der Waals surface area contributed by atoms with Gasteiger partial charge in [0.15, 0.2) is 0 Å². The average Bonchev–Trinajstić information content (AvgIpc) is 2.91. The van der Waals surface area contributed by atoms with Gasteiger partial charge in [-0.05, 0) is 55.4 Å². The Bertz CT molecular complexity index is 988. The van der Waals surface area contributed by atoms with Crippen LogP contribution in [0.5, 0.6) is 0 Å². The Hall–Kier alpha value is -2.32. The van der Waals surface area contributed by atoms with Crippen LogP contribution in [-0.4, -0.2) is 0 Å². The maximum atomic E-state index is 4.20. The summed E-state index contributed by atoms with van der Waals surface area (Å²) >= 11 is 1.86. The Morgan fingerprint density at radius 2 is 1.96 bits per heavy atom. The highest BCUT2D eigenvalue weighted by Gasteiger charge is 2.17. The molecule has 0 saturated carbocycles. The molecule has 1 N–H and O–H groups in total. The molecule has 0 fully saturated rings. The van der Waals surface area contributed by atoms with E-state index < -0.39 is 0 Å². The molecule has 0 radical (unpaired) electrons. The van der Waals surface area contributed by atoms with Crippen molar-refractivity contribution < 1.29 is 0 Å². The van der Waals surface area contributed by atoms with Crippen LogP contribution in [0.1, 0.15) is 31.0 Å². The van der Waals surface area contributed by atoms with Gasteiger partial charge in [-0.1, -0.05) is 42.0 Å². The molecule has 1 aliphatic rings. The van der Waals surface area contributed by atoms with Crippen molar-refractivity contribution in [2.24, 2.45) is 0 Å². The van der Waals surface area contributed by atoms with Gasteiger partial charge in [0.1, 0.15) is 0 Å². The average molecular weight is 317 g/mol. The van der Waals surface area contributed by atoms with E-state index in [2.05, 4.69) is 74.3 Å². The maximum absolute atomic E-state index is 4.20. The number of hydrogen-bond acceptors (Lipinski definition) is 2. The van der Waals surface area contributed by atoms with Crippen LogP contribution in [0.4, 0.5) is 0 Å². The van der Waals surface area contributed by atoms with Gasteiger partial charge in [-0.25, -0.2) is 0 Å². The fourth-order valence-electron chi connectivity index (χ4n) is 3.24. The van der Waals surface area contributed by atoms with E-state index >= 15 is 0 Å². The molecule has 2 aromatic carbocycles. The second-order valence-corrected chi connectivity index (χ2v) is 7.29. The van der Waals surface area contributed by atoms with Gasteiger partial charge < -0.3 is 5.32 Å². The highest BCUT2D eigenvalue weighted by Crippen LogP contribution is 2.39. The topological polar surface area (TPSA) is 12.0 Å². The van der Waals surface area contributed by atoms with Crippen LogP contribution >= 0.6 is 11.3 Å². The van der Waals surface area contributed by atoms with Gasteiger partial charge in [0, 0.05) is 20.2 Å². The third-order valence-corrected chi connectivity index (χ3v) is 5.53. The Morgan fingerprint density at radius 3 is 2.74 bits per heavy atom. The first kappa shape index (κ1) is 14.3. The fraction of sp³-hybridized carbons (Fsp3) is 0.143. The normalized spacial score (nSPS) is 17.3. The number of allylic oxidation sites excluding steroid dienone is 3. The van der Waals surface area contributed by atoms with Crippen molar-refractivity contribution in [3.63, 3.8) is 0 Å². The number of fused-ring (bicyclic) bond motifs is 3. The molecule has 2 heteroatoms. The predicted octanol–water partition coefficient (Wildman–Crippen LogP) is 6.19. The van der Waals surface area contributed by atoms with Crippen molar-refractivity contribution in [1.29, 1.82) is 0 Å². The van der Waals surface area contributed by atoms with Gasteiger partial charge in [0.05, 0.1) is 6.04 Å². The zero-order valence-corrected chi connectivity index (χ0v) is 14.2. The zero-order valence-electron chi connectivity index (χ0n) is 13.4.